The van der Waals surface area contributed by atoms with Crippen LogP contribution in [0.3, 0.4) is 0 Å². The van der Waals surface area contributed by atoms with E-state index in [1.54, 1.807) is 12.4 Å². The largest absolute Gasteiger partial charge is 0.489 e. The highest BCUT2D eigenvalue weighted by atomic mass is 16.5. The molecule has 0 bridgehead atoms. The number of nitrogens with zero attached hydrogens (tertiary/aromatic N) is 1. The fourth-order valence-corrected chi connectivity index (χ4v) is 3.17. The molecule has 1 fully saturated rings. The fraction of sp³-hybridized carbons (Fsp3) is 0.240. The van der Waals surface area contributed by atoms with Crippen molar-refractivity contribution in [2.24, 2.45) is 0 Å². The molecule has 1 atom stereocenters. The van der Waals surface area contributed by atoms with Gasteiger partial charge >= 0.3 is 0 Å². The Morgan fingerprint density at radius 1 is 0.966 bits per heavy atom. The molecule has 2 heterocycles. The molecule has 146 valence electrons. The fourth-order valence-electron chi connectivity index (χ4n) is 3.17. The molecule has 1 aliphatic heterocycles. The first kappa shape index (κ1) is 19.2. The van der Waals surface area contributed by atoms with Crippen LogP contribution in [0.5, 0.6) is 5.75 Å². The number of rotatable bonds is 5. The van der Waals surface area contributed by atoms with Crippen molar-refractivity contribution in [1.29, 1.82) is 0 Å². The van der Waals surface area contributed by atoms with Crippen molar-refractivity contribution in [3.05, 3.63) is 95.3 Å². The second-order valence-corrected chi connectivity index (χ2v) is 7.02. The Hall–Kier alpha value is -3.13. The van der Waals surface area contributed by atoms with Crippen molar-refractivity contribution < 1.29 is 9.47 Å². The Morgan fingerprint density at radius 2 is 1.76 bits per heavy atom. The Kier molecular flexibility index (Phi) is 6.54. The molecule has 0 radical (unpaired) electrons. The van der Waals surface area contributed by atoms with Gasteiger partial charge in [0.2, 0.25) is 0 Å². The Balaban J connectivity index is 1.28. The molecule has 1 aliphatic rings. The van der Waals surface area contributed by atoms with E-state index in [2.05, 4.69) is 46.4 Å². The molecule has 1 unspecified atom stereocenters. The van der Waals surface area contributed by atoms with Gasteiger partial charge < -0.3 is 14.8 Å². The summed E-state index contributed by atoms with van der Waals surface area (Å²) in [4.78, 5) is 4.07. The van der Waals surface area contributed by atoms with E-state index in [1.165, 1.54) is 5.56 Å². The molecule has 3 aromatic rings. The quantitative estimate of drug-likeness (QED) is 0.683. The lowest BCUT2D eigenvalue weighted by Gasteiger charge is -2.23. The van der Waals surface area contributed by atoms with Gasteiger partial charge in [0, 0.05) is 36.6 Å². The van der Waals surface area contributed by atoms with Crippen molar-refractivity contribution in [2.75, 3.05) is 19.7 Å². The third kappa shape index (κ3) is 5.92. The molecule has 1 aromatic heterocycles. The minimum Gasteiger partial charge on any atom is -0.489 e. The maximum atomic E-state index is 5.91. The van der Waals surface area contributed by atoms with Gasteiger partial charge in [-0.15, -0.1) is 0 Å². The highest BCUT2D eigenvalue weighted by molar-refractivity contribution is 5.43. The van der Waals surface area contributed by atoms with Crippen LogP contribution in [0.2, 0.25) is 0 Å². The van der Waals surface area contributed by atoms with E-state index in [-0.39, 0.29) is 6.10 Å². The Labute approximate surface area is 171 Å². The summed E-state index contributed by atoms with van der Waals surface area (Å²) < 4.78 is 11.7. The van der Waals surface area contributed by atoms with Gasteiger partial charge in [0.15, 0.2) is 0 Å². The van der Waals surface area contributed by atoms with Gasteiger partial charge in [-0.1, -0.05) is 36.1 Å². The molecule has 0 spiro atoms. The van der Waals surface area contributed by atoms with E-state index in [0.717, 1.165) is 48.6 Å². The van der Waals surface area contributed by atoms with E-state index in [4.69, 9.17) is 9.47 Å². The van der Waals surface area contributed by atoms with Crippen LogP contribution in [-0.2, 0) is 17.8 Å². The summed E-state index contributed by atoms with van der Waals surface area (Å²) in [5.74, 6) is 7.08. The van der Waals surface area contributed by atoms with Crippen LogP contribution in [0.15, 0.2) is 73.1 Å². The number of pyridine rings is 1. The predicted molar refractivity (Wildman–Crippen MR) is 114 cm³/mol. The van der Waals surface area contributed by atoms with Crippen molar-refractivity contribution in [1.82, 2.24) is 10.3 Å². The number of ether oxygens (including phenoxy) is 2. The Morgan fingerprint density at radius 3 is 2.48 bits per heavy atom. The third-order valence-electron chi connectivity index (χ3n) is 4.76. The highest BCUT2D eigenvalue weighted by Gasteiger charge is 2.13. The van der Waals surface area contributed by atoms with Crippen molar-refractivity contribution >= 4 is 0 Å². The summed E-state index contributed by atoms with van der Waals surface area (Å²) in [6, 6.07) is 20.3. The topological polar surface area (TPSA) is 43.4 Å². The lowest BCUT2D eigenvalue weighted by molar-refractivity contribution is 0.0292. The number of aromatic nitrogens is 1. The SMILES string of the molecule is C(#Cc1cccnc1)c1ccc(OCc2ccc(CC3CNCCO3)cc2)cc1. The summed E-state index contributed by atoms with van der Waals surface area (Å²) in [5.41, 5.74) is 4.29. The maximum Gasteiger partial charge on any atom is 0.119 e. The highest BCUT2D eigenvalue weighted by Crippen LogP contribution is 2.15. The first-order valence-corrected chi connectivity index (χ1v) is 9.90. The predicted octanol–water partition coefficient (Wildman–Crippen LogP) is 3.59. The summed E-state index contributed by atoms with van der Waals surface area (Å²) >= 11 is 0. The van der Waals surface area contributed by atoms with E-state index >= 15 is 0 Å². The van der Waals surface area contributed by atoms with Gasteiger partial charge in [-0.05, 0) is 53.9 Å². The maximum absolute atomic E-state index is 5.91. The summed E-state index contributed by atoms with van der Waals surface area (Å²) in [7, 11) is 0. The molecule has 1 N–H and O–H groups in total. The zero-order valence-corrected chi connectivity index (χ0v) is 16.3. The summed E-state index contributed by atoms with van der Waals surface area (Å²) in [6.07, 6.45) is 4.71. The van der Waals surface area contributed by atoms with Gasteiger partial charge in [0.05, 0.1) is 12.7 Å². The monoisotopic (exact) mass is 384 g/mol. The normalized spacial score (nSPS) is 15.9. The molecule has 4 rings (SSSR count). The van der Waals surface area contributed by atoms with Crippen LogP contribution >= 0.6 is 0 Å². The van der Waals surface area contributed by atoms with Crippen molar-refractivity contribution in [3.63, 3.8) is 0 Å². The van der Waals surface area contributed by atoms with E-state index in [9.17, 15) is 0 Å². The van der Waals surface area contributed by atoms with Gasteiger partial charge in [-0.2, -0.15) is 0 Å². The molecule has 29 heavy (non-hydrogen) atoms. The lowest BCUT2D eigenvalue weighted by Crippen LogP contribution is -2.39. The average Bonchev–Trinajstić information content (AvgIpc) is 2.79. The molecule has 4 heteroatoms. The zero-order valence-electron chi connectivity index (χ0n) is 16.3. The van der Waals surface area contributed by atoms with Crippen molar-refractivity contribution in [2.45, 2.75) is 19.1 Å². The van der Waals surface area contributed by atoms with E-state index in [1.807, 2.05) is 36.4 Å². The molecule has 1 saturated heterocycles. The van der Waals surface area contributed by atoms with Crippen molar-refractivity contribution in [3.8, 4) is 17.6 Å². The van der Waals surface area contributed by atoms with Crippen LogP contribution in [0, 0.1) is 11.8 Å². The molecule has 0 saturated carbocycles. The van der Waals surface area contributed by atoms with Gasteiger partial charge in [0.25, 0.3) is 0 Å². The van der Waals surface area contributed by atoms with Crippen LogP contribution in [0.4, 0.5) is 0 Å². The number of hydrogen-bond acceptors (Lipinski definition) is 4. The molecule has 4 nitrogen and oxygen atoms in total. The van der Waals surface area contributed by atoms with Crippen LogP contribution in [0.1, 0.15) is 22.3 Å². The number of hydrogen-bond donors (Lipinski definition) is 1. The van der Waals surface area contributed by atoms with E-state index < -0.39 is 0 Å². The summed E-state index contributed by atoms with van der Waals surface area (Å²) in [5, 5.41) is 3.37. The van der Waals surface area contributed by atoms with Crippen LogP contribution < -0.4 is 10.1 Å². The minimum atomic E-state index is 0.269. The standard InChI is InChI=1S/C25H24N2O2/c1-2-22(17-26-13-1)6-3-20-9-11-24(12-10-20)29-19-23-7-4-21(5-8-23)16-25-18-27-14-15-28-25/h1-2,4-5,7-13,17,25,27H,14-16,18-19H2. The van der Waals surface area contributed by atoms with E-state index in [0.29, 0.717) is 6.61 Å². The molecular formula is C25H24N2O2. The Bertz CT molecular complexity index is 952. The number of benzene rings is 2. The van der Waals surface area contributed by atoms with Crippen LogP contribution in [-0.4, -0.2) is 30.8 Å². The molecule has 0 amide bonds. The van der Waals surface area contributed by atoms with Gasteiger partial charge in [-0.3, -0.25) is 4.98 Å². The molecular weight excluding hydrogens is 360 g/mol. The van der Waals surface area contributed by atoms with Gasteiger partial charge in [0.1, 0.15) is 12.4 Å². The molecule has 2 aromatic carbocycles. The van der Waals surface area contributed by atoms with Gasteiger partial charge in [-0.25, -0.2) is 0 Å². The smallest absolute Gasteiger partial charge is 0.119 e. The number of nitrogens with one attached hydrogen (secondary N) is 1. The third-order valence-corrected chi connectivity index (χ3v) is 4.76. The lowest BCUT2D eigenvalue weighted by atomic mass is 10.1. The molecule has 0 aliphatic carbocycles. The second kappa shape index (κ2) is 9.88. The summed E-state index contributed by atoms with van der Waals surface area (Å²) in [6.45, 7) is 3.21. The number of morpholine rings is 1. The zero-order chi connectivity index (χ0) is 19.7. The second-order valence-electron chi connectivity index (χ2n) is 7.02. The average molecular weight is 384 g/mol. The first-order chi connectivity index (χ1) is 14.3. The van der Waals surface area contributed by atoms with Crippen LogP contribution in [0.25, 0.3) is 0 Å². The minimum absolute atomic E-state index is 0.269. The first-order valence-electron chi connectivity index (χ1n) is 9.90.